The summed E-state index contributed by atoms with van der Waals surface area (Å²) >= 11 is 0. The van der Waals surface area contributed by atoms with Crippen molar-refractivity contribution in [3.05, 3.63) is 35.9 Å². The van der Waals surface area contributed by atoms with Gasteiger partial charge in [-0.3, -0.25) is 4.79 Å². The van der Waals surface area contributed by atoms with Gasteiger partial charge in [0.25, 0.3) is 0 Å². The average Bonchev–Trinajstić information content (AvgIpc) is 3.50. The minimum absolute atomic E-state index is 0.00311. The fourth-order valence-electron chi connectivity index (χ4n) is 3.99. The fraction of sp³-hybridized carbons (Fsp3) is 0.545. The number of carbonyl (C=O) groups is 1. The molecule has 1 aromatic rings. The number of ether oxygens (including phenoxy) is 2. The molecule has 2 atom stereocenters. The van der Waals surface area contributed by atoms with E-state index in [4.69, 9.17) is 14.6 Å². The highest BCUT2D eigenvalue weighted by Gasteiger charge is 2.41. The minimum atomic E-state index is 0.00311. The number of hydrazone groups is 1. The Morgan fingerprint density at radius 2 is 1.74 bits per heavy atom. The first-order valence-electron chi connectivity index (χ1n) is 10.2. The lowest BCUT2D eigenvalue weighted by Crippen LogP contribution is -2.46. The molecule has 1 amide bonds. The smallest absolute Gasteiger partial charge is 0.246 e. The second-order valence-electron chi connectivity index (χ2n) is 7.53. The molecule has 0 aromatic heterocycles. The summed E-state index contributed by atoms with van der Waals surface area (Å²) in [6, 6.07) is 6.03. The molecule has 1 aromatic carbocycles. The second kappa shape index (κ2) is 7.75. The average molecular weight is 368 g/mol. The van der Waals surface area contributed by atoms with Crippen molar-refractivity contribution < 1.29 is 14.3 Å². The van der Waals surface area contributed by atoms with Crippen LogP contribution in [0, 0.1) is 17.8 Å². The van der Waals surface area contributed by atoms with Gasteiger partial charge in [-0.05, 0) is 63.6 Å². The van der Waals surface area contributed by atoms with Gasteiger partial charge in [0.1, 0.15) is 0 Å². The van der Waals surface area contributed by atoms with Gasteiger partial charge in [0.2, 0.25) is 5.91 Å². The van der Waals surface area contributed by atoms with Crippen molar-refractivity contribution in [2.24, 2.45) is 22.9 Å². The molecule has 144 valence electrons. The zero-order chi connectivity index (χ0) is 18.8. The largest absolute Gasteiger partial charge is 0.490 e. The van der Waals surface area contributed by atoms with Crippen LogP contribution in [0.1, 0.15) is 45.1 Å². The van der Waals surface area contributed by atoms with Crippen LogP contribution in [0.25, 0.3) is 0 Å². The molecule has 5 nitrogen and oxygen atoms in total. The number of fused-ring (bicyclic) bond motifs is 1. The van der Waals surface area contributed by atoms with Crippen LogP contribution in [-0.2, 0) is 4.79 Å². The molecule has 3 aliphatic rings. The first-order valence-corrected chi connectivity index (χ1v) is 10.2. The van der Waals surface area contributed by atoms with Crippen LogP contribution in [0.3, 0.4) is 0 Å². The summed E-state index contributed by atoms with van der Waals surface area (Å²) in [7, 11) is 0. The molecule has 4 rings (SSSR count). The Morgan fingerprint density at radius 1 is 1.04 bits per heavy atom. The van der Waals surface area contributed by atoms with Crippen LogP contribution >= 0.6 is 0 Å². The molecule has 0 saturated heterocycles. The van der Waals surface area contributed by atoms with Gasteiger partial charge in [-0.2, -0.15) is 5.10 Å². The van der Waals surface area contributed by atoms with E-state index in [9.17, 15) is 4.79 Å². The summed E-state index contributed by atoms with van der Waals surface area (Å²) in [6.07, 6.45) is 8.41. The van der Waals surface area contributed by atoms with E-state index in [1.54, 1.807) is 5.01 Å². The van der Waals surface area contributed by atoms with Crippen molar-refractivity contribution in [3.63, 3.8) is 0 Å². The number of carbonyl (C=O) groups excluding carboxylic acids is 1. The molecule has 1 fully saturated rings. The van der Waals surface area contributed by atoms with Crippen molar-refractivity contribution in [3.8, 4) is 11.5 Å². The molecule has 27 heavy (non-hydrogen) atoms. The maximum Gasteiger partial charge on any atom is 0.246 e. The monoisotopic (exact) mass is 368 g/mol. The van der Waals surface area contributed by atoms with Crippen LogP contribution in [0.5, 0.6) is 11.5 Å². The number of amides is 1. The zero-order valence-corrected chi connectivity index (χ0v) is 16.2. The summed E-state index contributed by atoms with van der Waals surface area (Å²) in [5.41, 5.74) is 2.04. The molecule has 0 radical (unpaired) electrons. The van der Waals surface area contributed by atoms with Gasteiger partial charge in [-0.25, -0.2) is 5.01 Å². The van der Waals surface area contributed by atoms with E-state index >= 15 is 0 Å². The van der Waals surface area contributed by atoms with Crippen molar-refractivity contribution in [2.75, 3.05) is 19.8 Å². The molecule has 1 aliphatic heterocycles. The number of rotatable bonds is 7. The standard InChI is InChI=1S/C22H28N2O3/c1-3-26-19-12-11-16(13-20(19)27-4-2)21-17-7-5-6-8-18(17)22(25)24(23-21)14-15-9-10-15/h5-6,11-13,15,17-18H,3-4,7-10,14H2,1-2H3/t17-,18+/m0/s1. The number of hydrogen-bond acceptors (Lipinski definition) is 4. The van der Waals surface area contributed by atoms with E-state index in [1.807, 2.05) is 32.0 Å². The van der Waals surface area contributed by atoms with Gasteiger partial charge in [-0.1, -0.05) is 12.2 Å². The van der Waals surface area contributed by atoms with Gasteiger partial charge in [-0.15, -0.1) is 0 Å². The summed E-state index contributed by atoms with van der Waals surface area (Å²) in [4.78, 5) is 12.9. The minimum Gasteiger partial charge on any atom is -0.490 e. The van der Waals surface area contributed by atoms with Gasteiger partial charge in [0.15, 0.2) is 11.5 Å². The van der Waals surface area contributed by atoms with Crippen LogP contribution in [-0.4, -0.2) is 36.4 Å². The molecular formula is C22H28N2O3. The molecule has 5 heteroatoms. The van der Waals surface area contributed by atoms with Crippen molar-refractivity contribution >= 4 is 11.6 Å². The summed E-state index contributed by atoms with van der Waals surface area (Å²) in [5.74, 6) is 2.46. The highest BCUT2D eigenvalue weighted by atomic mass is 16.5. The van der Waals surface area contributed by atoms with Crippen molar-refractivity contribution in [1.29, 1.82) is 0 Å². The molecular weight excluding hydrogens is 340 g/mol. The maximum atomic E-state index is 12.9. The van der Waals surface area contributed by atoms with E-state index in [-0.39, 0.29) is 17.7 Å². The van der Waals surface area contributed by atoms with E-state index in [0.29, 0.717) is 19.1 Å². The fourth-order valence-corrected chi connectivity index (χ4v) is 3.99. The molecule has 1 heterocycles. The highest BCUT2D eigenvalue weighted by Crippen LogP contribution is 2.38. The molecule has 0 unspecified atom stereocenters. The topological polar surface area (TPSA) is 51.1 Å². The van der Waals surface area contributed by atoms with Gasteiger partial charge < -0.3 is 9.47 Å². The Morgan fingerprint density at radius 3 is 2.44 bits per heavy atom. The highest BCUT2D eigenvalue weighted by molar-refractivity contribution is 6.07. The summed E-state index contributed by atoms with van der Waals surface area (Å²) in [5, 5.41) is 6.58. The Kier molecular flexibility index (Phi) is 5.19. The Balaban J connectivity index is 1.71. The number of allylic oxidation sites excluding steroid dienone is 2. The van der Waals surface area contributed by atoms with Gasteiger partial charge >= 0.3 is 0 Å². The predicted octanol–water partition coefficient (Wildman–Crippen LogP) is 4.02. The lowest BCUT2D eigenvalue weighted by atomic mass is 9.76. The third-order valence-electron chi connectivity index (χ3n) is 5.55. The maximum absolute atomic E-state index is 12.9. The lowest BCUT2D eigenvalue weighted by Gasteiger charge is -2.37. The third kappa shape index (κ3) is 3.73. The molecule has 2 aliphatic carbocycles. The van der Waals surface area contributed by atoms with Gasteiger partial charge in [0, 0.05) is 18.0 Å². The van der Waals surface area contributed by atoms with E-state index in [2.05, 4.69) is 12.2 Å². The number of benzene rings is 1. The molecule has 1 saturated carbocycles. The van der Waals surface area contributed by atoms with Crippen LogP contribution in [0.4, 0.5) is 0 Å². The van der Waals surface area contributed by atoms with E-state index < -0.39 is 0 Å². The molecule has 0 bridgehead atoms. The quantitative estimate of drug-likeness (QED) is 0.683. The van der Waals surface area contributed by atoms with Crippen molar-refractivity contribution in [2.45, 2.75) is 39.5 Å². The second-order valence-corrected chi connectivity index (χ2v) is 7.53. The zero-order valence-electron chi connectivity index (χ0n) is 16.2. The first-order chi connectivity index (χ1) is 13.2. The normalized spacial score (nSPS) is 24.4. The predicted molar refractivity (Wildman–Crippen MR) is 105 cm³/mol. The molecule has 0 spiro atoms. The SMILES string of the molecule is CCOc1ccc(C2=NN(CC3CC3)C(=O)[C@@H]3CC=CC[C@H]23)cc1OCC. The van der Waals surface area contributed by atoms with Crippen LogP contribution < -0.4 is 9.47 Å². The molecule has 0 N–H and O–H groups in total. The van der Waals surface area contributed by atoms with E-state index in [0.717, 1.165) is 42.2 Å². The number of nitrogens with zero attached hydrogens (tertiary/aromatic N) is 2. The lowest BCUT2D eigenvalue weighted by molar-refractivity contribution is -0.138. The van der Waals surface area contributed by atoms with Crippen LogP contribution in [0.2, 0.25) is 0 Å². The summed E-state index contributed by atoms with van der Waals surface area (Å²) < 4.78 is 11.5. The Bertz CT molecular complexity index is 767. The number of hydrogen-bond donors (Lipinski definition) is 0. The van der Waals surface area contributed by atoms with E-state index in [1.165, 1.54) is 12.8 Å². The van der Waals surface area contributed by atoms with Gasteiger partial charge in [0.05, 0.1) is 24.8 Å². The summed E-state index contributed by atoms with van der Waals surface area (Å²) in [6.45, 7) is 5.87. The Hall–Kier alpha value is -2.30. The Labute approximate surface area is 161 Å². The first kappa shape index (κ1) is 18.1. The van der Waals surface area contributed by atoms with Crippen LogP contribution in [0.15, 0.2) is 35.5 Å². The van der Waals surface area contributed by atoms with Crippen molar-refractivity contribution in [1.82, 2.24) is 5.01 Å². The third-order valence-corrected chi connectivity index (χ3v) is 5.55.